The average Bonchev–Trinajstić information content (AvgIpc) is 2.80. The third-order valence-electron chi connectivity index (χ3n) is 2.26. The van der Waals surface area contributed by atoms with Crippen molar-refractivity contribution in [1.29, 1.82) is 0 Å². The monoisotopic (exact) mass is 375 g/mol. The molecule has 0 amide bonds. The predicted octanol–water partition coefficient (Wildman–Crippen LogP) is 4.31. The normalized spacial score (nSPS) is 10.5. The van der Waals surface area contributed by atoms with Gasteiger partial charge in [0.2, 0.25) is 0 Å². The summed E-state index contributed by atoms with van der Waals surface area (Å²) < 4.78 is 7.62. The van der Waals surface area contributed by atoms with Gasteiger partial charge in [0.05, 0.1) is 8.95 Å². The third kappa shape index (κ3) is 3.31. The zero-order valence-corrected chi connectivity index (χ0v) is 12.9. The zero-order chi connectivity index (χ0) is 12.3. The van der Waals surface area contributed by atoms with Crippen molar-refractivity contribution in [2.75, 3.05) is 0 Å². The molecular formula is C12H11Br2NOS. The van der Waals surface area contributed by atoms with Crippen LogP contribution in [0.5, 0.6) is 5.75 Å². The van der Waals surface area contributed by atoms with Gasteiger partial charge in [0.15, 0.2) is 0 Å². The first-order valence-electron chi connectivity index (χ1n) is 5.02. The minimum absolute atomic E-state index is 0.516. The molecular weight excluding hydrogens is 366 g/mol. The highest BCUT2D eigenvalue weighted by molar-refractivity contribution is 9.11. The first-order chi connectivity index (χ1) is 8.20. The van der Waals surface area contributed by atoms with Crippen LogP contribution in [0, 0.1) is 0 Å². The standard InChI is InChI=1S/C12H11Br2NOS/c13-10-3-9(5-15)4-11(14)12(10)16-6-8-1-2-17-7-8/h1-4,7H,5-6,15H2. The summed E-state index contributed by atoms with van der Waals surface area (Å²) in [6, 6.07) is 6.02. The Hall–Kier alpha value is -0.360. The molecule has 1 aromatic heterocycles. The van der Waals surface area contributed by atoms with E-state index in [1.54, 1.807) is 11.3 Å². The van der Waals surface area contributed by atoms with Gasteiger partial charge in [-0.25, -0.2) is 0 Å². The van der Waals surface area contributed by atoms with Crippen LogP contribution in [0.3, 0.4) is 0 Å². The highest BCUT2D eigenvalue weighted by atomic mass is 79.9. The lowest BCUT2D eigenvalue weighted by atomic mass is 10.2. The van der Waals surface area contributed by atoms with Gasteiger partial charge in [0.25, 0.3) is 0 Å². The third-order valence-corrected chi connectivity index (χ3v) is 4.17. The molecule has 0 atom stereocenters. The van der Waals surface area contributed by atoms with Crippen molar-refractivity contribution in [1.82, 2.24) is 0 Å². The molecule has 17 heavy (non-hydrogen) atoms. The van der Waals surface area contributed by atoms with E-state index in [0.29, 0.717) is 13.2 Å². The van der Waals surface area contributed by atoms with E-state index in [1.807, 2.05) is 17.5 Å². The van der Waals surface area contributed by atoms with Crippen LogP contribution in [0.2, 0.25) is 0 Å². The van der Waals surface area contributed by atoms with E-state index in [2.05, 4.69) is 43.3 Å². The van der Waals surface area contributed by atoms with Gasteiger partial charge in [-0.3, -0.25) is 0 Å². The number of hydrogen-bond donors (Lipinski definition) is 1. The summed E-state index contributed by atoms with van der Waals surface area (Å²) in [4.78, 5) is 0. The molecule has 0 spiro atoms. The van der Waals surface area contributed by atoms with Crippen LogP contribution in [0.4, 0.5) is 0 Å². The molecule has 0 bridgehead atoms. The number of nitrogens with two attached hydrogens (primary N) is 1. The van der Waals surface area contributed by atoms with E-state index in [0.717, 1.165) is 20.3 Å². The van der Waals surface area contributed by atoms with Crippen molar-refractivity contribution in [2.45, 2.75) is 13.2 Å². The topological polar surface area (TPSA) is 35.2 Å². The molecule has 90 valence electrons. The van der Waals surface area contributed by atoms with Crippen LogP contribution in [0.15, 0.2) is 37.9 Å². The summed E-state index contributed by atoms with van der Waals surface area (Å²) in [5.41, 5.74) is 7.85. The summed E-state index contributed by atoms with van der Waals surface area (Å²) in [5.74, 6) is 0.813. The minimum atomic E-state index is 0.516. The molecule has 2 aromatic rings. The van der Waals surface area contributed by atoms with Crippen LogP contribution >= 0.6 is 43.2 Å². The maximum atomic E-state index is 5.78. The Balaban J connectivity index is 2.15. The summed E-state index contributed by atoms with van der Waals surface area (Å²) in [7, 11) is 0. The molecule has 1 aromatic carbocycles. The summed E-state index contributed by atoms with van der Waals surface area (Å²) in [6.07, 6.45) is 0. The number of ether oxygens (including phenoxy) is 1. The lowest BCUT2D eigenvalue weighted by Crippen LogP contribution is -1.99. The van der Waals surface area contributed by atoms with Crippen molar-refractivity contribution >= 4 is 43.2 Å². The number of halogens is 2. The first kappa shape index (κ1) is 13.1. The molecule has 0 aliphatic heterocycles. The minimum Gasteiger partial charge on any atom is -0.487 e. The number of hydrogen-bond acceptors (Lipinski definition) is 3. The van der Waals surface area contributed by atoms with E-state index >= 15 is 0 Å². The molecule has 2 rings (SSSR count). The molecule has 0 fully saturated rings. The fourth-order valence-electron chi connectivity index (χ4n) is 1.40. The summed E-state index contributed by atoms with van der Waals surface area (Å²) in [6.45, 7) is 1.09. The SMILES string of the molecule is NCc1cc(Br)c(OCc2ccsc2)c(Br)c1. The van der Waals surface area contributed by atoms with E-state index in [9.17, 15) is 0 Å². The lowest BCUT2D eigenvalue weighted by molar-refractivity contribution is 0.302. The van der Waals surface area contributed by atoms with E-state index in [-0.39, 0.29) is 0 Å². The van der Waals surface area contributed by atoms with Crippen LogP contribution < -0.4 is 10.5 Å². The summed E-state index contributed by atoms with van der Waals surface area (Å²) >= 11 is 8.66. The van der Waals surface area contributed by atoms with Gasteiger partial charge in [0, 0.05) is 6.54 Å². The Morgan fingerprint density at radius 2 is 1.88 bits per heavy atom. The van der Waals surface area contributed by atoms with Crippen LogP contribution in [-0.2, 0) is 13.2 Å². The summed E-state index contributed by atoms with van der Waals surface area (Å²) in [5, 5.41) is 4.12. The Bertz CT molecular complexity index is 476. The molecule has 0 saturated heterocycles. The molecule has 0 radical (unpaired) electrons. The second kappa shape index (κ2) is 6.00. The Morgan fingerprint density at radius 3 is 2.41 bits per heavy atom. The highest BCUT2D eigenvalue weighted by Gasteiger charge is 2.08. The average molecular weight is 377 g/mol. The first-order valence-corrected chi connectivity index (χ1v) is 7.55. The number of benzene rings is 1. The lowest BCUT2D eigenvalue weighted by Gasteiger charge is -2.11. The van der Waals surface area contributed by atoms with Gasteiger partial charge in [-0.05, 0) is 71.9 Å². The second-order valence-electron chi connectivity index (χ2n) is 3.51. The molecule has 0 aliphatic rings. The number of thiophene rings is 1. The van der Waals surface area contributed by atoms with Gasteiger partial charge >= 0.3 is 0 Å². The van der Waals surface area contributed by atoms with Gasteiger partial charge in [-0.15, -0.1) is 0 Å². The maximum absolute atomic E-state index is 5.78. The Morgan fingerprint density at radius 1 is 1.18 bits per heavy atom. The van der Waals surface area contributed by atoms with Gasteiger partial charge in [-0.2, -0.15) is 11.3 Å². The Kier molecular flexibility index (Phi) is 4.62. The van der Waals surface area contributed by atoms with Crippen LogP contribution in [0.1, 0.15) is 11.1 Å². The van der Waals surface area contributed by atoms with Crippen molar-refractivity contribution in [3.8, 4) is 5.75 Å². The maximum Gasteiger partial charge on any atom is 0.148 e. The molecule has 0 saturated carbocycles. The quantitative estimate of drug-likeness (QED) is 0.862. The van der Waals surface area contributed by atoms with E-state index in [1.165, 1.54) is 5.56 Å². The Labute approximate surface area is 121 Å². The zero-order valence-electron chi connectivity index (χ0n) is 8.95. The second-order valence-corrected chi connectivity index (χ2v) is 6.00. The predicted molar refractivity (Wildman–Crippen MR) is 78.4 cm³/mol. The van der Waals surface area contributed by atoms with E-state index in [4.69, 9.17) is 10.5 Å². The molecule has 0 aliphatic carbocycles. The van der Waals surface area contributed by atoms with Gasteiger partial charge in [0.1, 0.15) is 12.4 Å². The molecule has 1 heterocycles. The van der Waals surface area contributed by atoms with Crippen molar-refractivity contribution in [3.05, 3.63) is 49.0 Å². The fourth-order valence-corrected chi connectivity index (χ4v) is 3.56. The van der Waals surface area contributed by atoms with Crippen molar-refractivity contribution in [3.63, 3.8) is 0 Å². The fraction of sp³-hybridized carbons (Fsp3) is 0.167. The van der Waals surface area contributed by atoms with Crippen LogP contribution in [-0.4, -0.2) is 0 Å². The molecule has 2 nitrogen and oxygen atoms in total. The molecule has 5 heteroatoms. The van der Waals surface area contributed by atoms with Gasteiger partial charge in [-0.1, -0.05) is 0 Å². The van der Waals surface area contributed by atoms with Crippen molar-refractivity contribution in [2.24, 2.45) is 5.73 Å². The number of rotatable bonds is 4. The van der Waals surface area contributed by atoms with Gasteiger partial charge < -0.3 is 10.5 Å². The van der Waals surface area contributed by atoms with E-state index < -0.39 is 0 Å². The molecule has 0 unspecified atom stereocenters. The molecule has 2 N–H and O–H groups in total. The smallest absolute Gasteiger partial charge is 0.148 e. The van der Waals surface area contributed by atoms with Crippen LogP contribution in [0.25, 0.3) is 0 Å². The highest BCUT2D eigenvalue weighted by Crippen LogP contribution is 2.35. The van der Waals surface area contributed by atoms with Crippen molar-refractivity contribution < 1.29 is 4.74 Å². The largest absolute Gasteiger partial charge is 0.487 e.